The molecule has 64 valence electrons. The monoisotopic (exact) mass is 168 g/mol. The first-order valence-corrected chi connectivity index (χ1v) is 3.36. The van der Waals surface area contributed by atoms with Crippen LogP contribution < -0.4 is 0 Å². The predicted octanol–water partition coefficient (Wildman–Crippen LogP) is 1.11. The Morgan fingerprint density at radius 1 is 1.58 bits per heavy atom. The van der Waals surface area contributed by atoms with Gasteiger partial charge in [0.25, 0.3) is 0 Å². The molecular weight excluding hydrogens is 156 g/mol. The third-order valence-electron chi connectivity index (χ3n) is 1.30. The van der Waals surface area contributed by atoms with Gasteiger partial charge in [-0.3, -0.25) is 4.79 Å². The molecule has 0 amide bonds. The lowest BCUT2D eigenvalue weighted by atomic mass is 10.1. The summed E-state index contributed by atoms with van der Waals surface area (Å²) in [4.78, 5) is 11.1. The number of hydrogen-bond acceptors (Lipinski definition) is 3. The van der Waals surface area contributed by atoms with Gasteiger partial charge >= 0.3 is 5.97 Å². The zero-order chi connectivity index (χ0) is 10.8. The van der Waals surface area contributed by atoms with Crippen LogP contribution in [0.1, 0.15) is 8.30 Å². The Labute approximate surface area is 73.4 Å². The van der Waals surface area contributed by atoms with Crippen LogP contribution >= 0.6 is 0 Å². The first kappa shape index (κ1) is 6.06. The lowest BCUT2D eigenvalue weighted by Gasteiger charge is -1.99. The van der Waals surface area contributed by atoms with E-state index in [4.69, 9.17) is 7.85 Å². The quantitative estimate of drug-likeness (QED) is 0.673. The maximum Gasteiger partial charge on any atom is 0.309 e. The number of phenols is 1. The fraction of sp³-hybridized carbons (Fsp3) is 0.222. The molecular formula is C9H10O3. The van der Waals surface area contributed by atoms with E-state index in [0.29, 0.717) is 0 Å². The number of benzene rings is 1. The van der Waals surface area contributed by atoms with Crippen LogP contribution in [0.25, 0.3) is 0 Å². The highest BCUT2D eigenvalue weighted by atomic mass is 16.5. The van der Waals surface area contributed by atoms with Crippen molar-refractivity contribution in [3.63, 3.8) is 0 Å². The number of esters is 1. The molecule has 12 heavy (non-hydrogen) atoms. The van der Waals surface area contributed by atoms with Crippen LogP contribution in [0.3, 0.4) is 0 Å². The number of ether oxygens (including phenoxy) is 1. The summed E-state index contributed by atoms with van der Waals surface area (Å²) in [7, 11) is 1.13. The van der Waals surface area contributed by atoms with Gasteiger partial charge in [-0.1, -0.05) is 12.1 Å². The van der Waals surface area contributed by atoms with Gasteiger partial charge in [0.15, 0.2) is 0 Å². The van der Waals surface area contributed by atoms with Crippen molar-refractivity contribution >= 4 is 5.97 Å². The molecule has 1 aromatic carbocycles. The van der Waals surface area contributed by atoms with E-state index in [1.54, 1.807) is 0 Å². The van der Waals surface area contributed by atoms with E-state index < -0.39 is 12.3 Å². The number of aromatic hydroxyl groups is 1. The SMILES string of the molecule is [2H]C([2H])(C(=O)OC)c1ccc(O)cc1. The second-order valence-corrected chi connectivity index (χ2v) is 2.16. The molecule has 3 heteroatoms. The third-order valence-corrected chi connectivity index (χ3v) is 1.30. The second kappa shape index (κ2) is 3.76. The molecule has 0 saturated carbocycles. The van der Waals surface area contributed by atoms with Crippen molar-refractivity contribution in [3.8, 4) is 5.75 Å². The normalized spacial score (nSPS) is 13.1. The summed E-state index contributed by atoms with van der Waals surface area (Å²) in [6, 6.07) is 5.31. The summed E-state index contributed by atoms with van der Waals surface area (Å²) in [6.07, 6.45) is -2.18. The van der Waals surface area contributed by atoms with Gasteiger partial charge in [0.1, 0.15) is 5.75 Å². The molecule has 1 rings (SSSR count). The maximum atomic E-state index is 11.1. The van der Waals surface area contributed by atoms with Crippen molar-refractivity contribution in [3.05, 3.63) is 29.8 Å². The maximum absolute atomic E-state index is 11.1. The Morgan fingerprint density at radius 3 is 2.67 bits per heavy atom. The highest BCUT2D eigenvalue weighted by Crippen LogP contribution is 2.10. The summed E-state index contributed by atoms with van der Waals surface area (Å²) in [6.45, 7) is 0. The van der Waals surface area contributed by atoms with Gasteiger partial charge in [-0.15, -0.1) is 0 Å². The molecule has 0 radical (unpaired) electrons. The Balaban J connectivity index is 3.03. The number of carbonyl (C=O) groups is 1. The van der Waals surface area contributed by atoms with Gasteiger partial charge in [0, 0.05) is 2.74 Å². The molecule has 0 bridgehead atoms. The van der Waals surface area contributed by atoms with Gasteiger partial charge in [-0.2, -0.15) is 0 Å². The van der Waals surface area contributed by atoms with Crippen LogP contribution in [-0.4, -0.2) is 18.2 Å². The highest BCUT2D eigenvalue weighted by molar-refractivity contribution is 5.72. The smallest absolute Gasteiger partial charge is 0.309 e. The van der Waals surface area contributed by atoms with Gasteiger partial charge in [-0.05, 0) is 17.7 Å². The molecule has 0 aliphatic heterocycles. The summed E-state index contributed by atoms with van der Waals surface area (Å²) in [5, 5.41) is 8.98. The molecule has 0 unspecified atom stereocenters. The van der Waals surface area contributed by atoms with Crippen LogP contribution in [-0.2, 0) is 15.9 Å². The number of phenolic OH excluding ortho intramolecular Hbond substituents is 1. The molecule has 0 aliphatic rings. The molecule has 0 saturated heterocycles. The molecule has 3 nitrogen and oxygen atoms in total. The minimum absolute atomic E-state index is 0.0226. The minimum Gasteiger partial charge on any atom is -0.508 e. The first-order valence-electron chi connectivity index (χ1n) is 4.36. The fourth-order valence-electron chi connectivity index (χ4n) is 0.714. The second-order valence-electron chi connectivity index (χ2n) is 2.16. The average molecular weight is 168 g/mol. The zero-order valence-electron chi connectivity index (χ0n) is 8.57. The number of rotatable bonds is 2. The molecule has 0 aliphatic carbocycles. The Bertz CT molecular complexity index is 332. The van der Waals surface area contributed by atoms with Gasteiger partial charge < -0.3 is 9.84 Å². The summed E-state index contributed by atoms with van der Waals surface area (Å²) in [5.74, 6) is -0.933. The molecule has 0 spiro atoms. The highest BCUT2D eigenvalue weighted by Gasteiger charge is 2.01. The van der Waals surface area contributed by atoms with E-state index in [-0.39, 0.29) is 11.3 Å². The Morgan fingerprint density at radius 2 is 2.17 bits per heavy atom. The Kier molecular flexibility index (Phi) is 1.90. The minimum atomic E-state index is -2.18. The van der Waals surface area contributed by atoms with Crippen molar-refractivity contribution in [1.29, 1.82) is 0 Å². The van der Waals surface area contributed by atoms with E-state index in [9.17, 15) is 4.79 Å². The van der Waals surface area contributed by atoms with Crippen molar-refractivity contribution in [2.75, 3.05) is 7.11 Å². The molecule has 0 aromatic heterocycles. The van der Waals surface area contributed by atoms with E-state index in [2.05, 4.69) is 4.74 Å². The van der Waals surface area contributed by atoms with E-state index >= 15 is 0 Å². The van der Waals surface area contributed by atoms with E-state index in [1.165, 1.54) is 24.3 Å². The third kappa shape index (κ3) is 2.27. The topological polar surface area (TPSA) is 46.5 Å². The van der Waals surface area contributed by atoms with Crippen molar-refractivity contribution in [2.45, 2.75) is 6.37 Å². The number of hydrogen-bond donors (Lipinski definition) is 1. The summed E-state index contributed by atoms with van der Waals surface area (Å²) >= 11 is 0. The van der Waals surface area contributed by atoms with Crippen LogP contribution in [0.5, 0.6) is 5.75 Å². The van der Waals surface area contributed by atoms with E-state index in [0.717, 1.165) is 7.11 Å². The zero-order valence-corrected chi connectivity index (χ0v) is 6.57. The van der Waals surface area contributed by atoms with Gasteiger partial charge in [0.2, 0.25) is 0 Å². The summed E-state index contributed by atoms with van der Waals surface area (Å²) in [5.41, 5.74) is 0.155. The van der Waals surface area contributed by atoms with Gasteiger partial charge in [0.05, 0.1) is 13.5 Å². The molecule has 0 fully saturated rings. The van der Waals surface area contributed by atoms with Crippen LogP contribution in [0.4, 0.5) is 0 Å². The van der Waals surface area contributed by atoms with Crippen molar-refractivity contribution in [1.82, 2.24) is 0 Å². The van der Waals surface area contributed by atoms with Crippen LogP contribution in [0.2, 0.25) is 0 Å². The molecule has 0 heterocycles. The molecule has 1 N–H and O–H groups in total. The predicted molar refractivity (Wildman–Crippen MR) is 43.8 cm³/mol. The van der Waals surface area contributed by atoms with Crippen LogP contribution in [0.15, 0.2) is 24.3 Å². The molecule has 1 aromatic rings. The van der Waals surface area contributed by atoms with Crippen molar-refractivity contribution < 1.29 is 17.4 Å². The van der Waals surface area contributed by atoms with E-state index in [1.807, 2.05) is 0 Å². The Hall–Kier alpha value is -1.51. The fourth-order valence-corrected chi connectivity index (χ4v) is 0.714. The standard InChI is InChI=1S/C9H10O3/c1-12-9(11)6-7-2-4-8(10)5-3-7/h2-5,10H,6H2,1H3/i6D2. The number of methoxy groups -OCH3 is 1. The van der Waals surface area contributed by atoms with Crippen molar-refractivity contribution in [2.24, 2.45) is 0 Å². The largest absolute Gasteiger partial charge is 0.508 e. The average Bonchev–Trinajstić information content (AvgIpc) is 2.17. The lowest BCUT2D eigenvalue weighted by Crippen LogP contribution is -2.03. The van der Waals surface area contributed by atoms with Gasteiger partial charge in [-0.25, -0.2) is 0 Å². The van der Waals surface area contributed by atoms with Crippen LogP contribution in [0, 0.1) is 0 Å². The first-order chi connectivity index (χ1) is 6.48. The molecule has 0 atom stereocenters. The lowest BCUT2D eigenvalue weighted by molar-refractivity contribution is -0.139. The number of carbonyl (C=O) groups excluding carboxylic acids is 1. The summed E-state index contributed by atoms with van der Waals surface area (Å²) < 4.78 is 19.2.